The first kappa shape index (κ1) is 29.8. The fourth-order valence-electron chi connectivity index (χ4n) is 5.16. The van der Waals surface area contributed by atoms with Gasteiger partial charge in [0.1, 0.15) is 11.6 Å². The van der Waals surface area contributed by atoms with E-state index in [0.29, 0.717) is 61.0 Å². The van der Waals surface area contributed by atoms with Crippen molar-refractivity contribution in [2.24, 2.45) is 0 Å². The van der Waals surface area contributed by atoms with Crippen LogP contribution in [0.2, 0.25) is 0 Å². The fourth-order valence-corrected chi connectivity index (χ4v) is 5.16. The summed E-state index contributed by atoms with van der Waals surface area (Å²) in [6.07, 6.45) is 0.117. The van der Waals surface area contributed by atoms with Crippen LogP contribution in [0.1, 0.15) is 22.5 Å². The molecule has 2 saturated heterocycles. The first-order chi connectivity index (χ1) is 20.7. The minimum atomic E-state index is -0.0336. The monoisotopic (exact) mass is 589 g/mol. The summed E-state index contributed by atoms with van der Waals surface area (Å²) in [4.78, 5) is 39.5. The Morgan fingerprint density at radius 1 is 0.884 bits per heavy atom. The Bertz CT molecular complexity index is 1620. The largest absolute Gasteiger partial charge is 0.383 e. The van der Waals surface area contributed by atoms with Gasteiger partial charge in [-0.3, -0.25) is 0 Å². The van der Waals surface area contributed by atoms with Gasteiger partial charge in [0.05, 0.1) is 23.5 Å². The highest BCUT2D eigenvalue weighted by Gasteiger charge is 2.19. The highest BCUT2D eigenvalue weighted by Crippen LogP contribution is 2.23. The van der Waals surface area contributed by atoms with Crippen LogP contribution in [0.5, 0.6) is 0 Å². The third kappa shape index (κ3) is 7.24. The van der Waals surface area contributed by atoms with Gasteiger partial charge in [-0.25, -0.2) is 14.8 Å². The smallest absolute Gasteiger partial charge is 0.317 e. The van der Waals surface area contributed by atoms with E-state index in [-0.39, 0.29) is 12.1 Å². The number of carbonyl (C=O) groups is 1. The van der Waals surface area contributed by atoms with E-state index in [1.54, 1.807) is 4.90 Å². The summed E-state index contributed by atoms with van der Waals surface area (Å²) in [7, 11) is 0. The van der Waals surface area contributed by atoms with Crippen LogP contribution in [-0.2, 0) is 4.74 Å². The number of amides is 2. The highest BCUT2D eigenvalue weighted by molar-refractivity contribution is 5.90. The van der Waals surface area contributed by atoms with Crippen molar-refractivity contribution >= 4 is 51.6 Å². The summed E-state index contributed by atoms with van der Waals surface area (Å²) in [6, 6.07) is 3.91. The van der Waals surface area contributed by atoms with Gasteiger partial charge in [-0.05, 0) is 51.0 Å². The molecule has 0 bridgehead atoms. The number of aromatic nitrogens is 6. The van der Waals surface area contributed by atoms with E-state index in [9.17, 15) is 4.79 Å². The second kappa shape index (κ2) is 13.1. The van der Waals surface area contributed by atoms with Gasteiger partial charge in [0.15, 0.2) is 11.3 Å². The summed E-state index contributed by atoms with van der Waals surface area (Å²) in [5.41, 5.74) is 17.1. The number of carbonyl (C=O) groups excluding carboxylic acids is 1. The van der Waals surface area contributed by atoms with Gasteiger partial charge in [0, 0.05) is 57.2 Å². The minimum Gasteiger partial charge on any atom is -0.383 e. The Kier molecular flexibility index (Phi) is 9.11. The number of nitrogens with zero attached hydrogens (tertiary/aromatic N) is 7. The third-order valence-corrected chi connectivity index (χ3v) is 7.14. The molecule has 4 aromatic heterocycles. The molecule has 43 heavy (non-hydrogen) atoms. The predicted molar refractivity (Wildman–Crippen MR) is 167 cm³/mol. The van der Waals surface area contributed by atoms with Crippen molar-refractivity contribution in [1.82, 2.24) is 45.4 Å². The number of anilines is 4. The topological polar surface area (TPSA) is 207 Å². The Morgan fingerprint density at radius 3 is 2.02 bits per heavy atom. The quantitative estimate of drug-likeness (QED) is 0.180. The molecule has 15 heteroatoms. The number of urea groups is 1. The Morgan fingerprint density at radius 2 is 1.49 bits per heavy atom. The van der Waals surface area contributed by atoms with Crippen molar-refractivity contribution in [1.29, 1.82) is 0 Å². The minimum absolute atomic E-state index is 0.0336. The second-order valence-corrected chi connectivity index (χ2v) is 10.6. The number of hydrogen-bond donors (Lipinski definition) is 6. The van der Waals surface area contributed by atoms with E-state index in [1.165, 1.54) is 0 Å². The second-order valence-electron chi connectivity index (χ2n) is 10.6. The average molecular weight is 590 g/mol. The molecule has 6 heterocycles. The number of aryl methyl sites for hydroxylation is 4. The summed E-state index contributed by atoms with van der Waals surface area (Å²) < 4.78 is 5.63. The van der Waals surface area contributed by atoms with E-state index in [1.807, 2.05) is 39.8 Å². The predicted octanol–water partition coefficient (Wildman–Crippen LogP) is 1.29. The molecule has 6 rings (SSSR count). The number of ether oxygens (including phenoxy) is 1. The van der Waals surface area contributed by atoms with Gasteiger partial charge < -0.3 is 42.4 Å². The van der Waals surface area contributed by atoms with Crippen LogP contribution in [0.15, 0.2) is 12.1 Å². The summed E-state index contributed by atoms with van der Waals surface area (Å²) in [5.74, 6) is 1.79. The lowest BCUT2D eigenvalue weighted by Crippen LogP contribution is -2.42. The van der Waals surface area contributed by atoms with Crippen molar-refractivity contribution in [2.45, 2.75) is 33.8 Å². The maximum absolute atomic E-state index is 11.4. The normalized spacial score (nSPS) is 16.6. The summed E-state index contributed by atoms with van der Waals surface area (Å²) in [5, 5.41) is 13.9. The van der Waals surface area contributed by atoms with E-state index >= 15 is 0 Å². The molecule has 228 valence electrons. The van der Waals surface area contributed by atoms with Crippen LogP contribution >= 0.6 is 0 Å². The molecule has 2 aliphatic heterocycles. The standard InChI is InChI=1S/C14H19N7O.C14H20N6O/c1-8-7-9(2)18-12-10(8)11(15)19-13(20-12)16-3-5-21-6-4-17-14(21)22;1-8-5-9(2)18-13-11(8)12(15)19-14(20-13)17-7-10-6-16-3-4-21-10/h7H,3-6H2,1-2H3,(H,17,22)(H3,15,16,18,19,20);5,10,16H,3-4,6-7H2,1-2H3,(H3,15,17,18,19,20). The lowest BCUT2D eigenvalue weighted by Gasteiger charge is -2.23. The molecule has 15 nitrogen and oxygen atoms in total. The van der Waals surface area contributed by atoms with E-state index < -0.39 is 0 Å². The highest BCUT2D eigenvalue weighted by atomic mass is 16.5. The van der Waals surface area contributed by atoms with Crippen molar-refractivity contribution in [2.75, 3.05) is 74.5 Å². The Hall–Kier alpha value is -4.63. The molecule has 2 fully saturated rings. The van der Waals surface area contributed by atoms with Crippen molar-refractivity contribution in [3.63, 3.8) is 0 Å². The number of rotatable bonds is 7. The van der Waals surface area contributed by atoms with E-state index in [4.69, 9.17) is 16.2 Å². The van der Waals surface area contributed by atoms with Crippen molar-refractivity contribution in [3.8, 4) is 0 Å². The lowest BCUT2D eigenvalue weighted by atomic mass is 10.1. The van der Waals surface area contributed by atoms with Crippen LogP contribution < -0.4 is 32.7 Å². The Labute approximate surface area is 249 Å². The van der Waals surface area contributed by atoms with Gasteiger partial charge in [-0.1, -0.05) is 0 Å². The zero-order chi connectivity index (χ0) is 30.5. The number of nitrogens with two attached hydrogens (primary N) is 2. The first-order valence-corrected chi connectivity index (χ1v) is 14.3. The van der Waals surface area contributed by atoms with E-state index in [2.05, 4.69) is 51.2 Å². The summed E-state index contributed by atoms with van der Waals surface area (Å²) >= 11 is 0. The molecule has 1 atom stereocenters. The maximum Gasteiger partial charge on any atom is 0.317 e. The van der Waals surface area contributed by atoms with Crippen LogP contribution in [-0.4, -0.2) is 99.4 Å². The molecule has 0 spiro atoms. The van der Waals surface area contributed by atoms with Gasteiger partial charge in [-0.15, -0.1) is 0 Å². The third-order valence-electron chi connectivity index (χ3n) is 7.14. The van der Waals surface area contributed by atoms with Crippen LogP contribution in [0.4, 0.5) is 28.3 Å². The molecule has 2 amide bonds. The SMILES string of the molecule is Cc1cc(C)c2c(N)nc(NCC3CNCCO3)nc2n1.Cc1cc(C)c2c(N)nc(NCCN3CCNC3=O)nc2n1. The van der Waals surface area contributed by atoms with E-state index in [0.717, 1.165) is 59.5 Å². The van der Waals surface area contributed by atoms with Crippen molar-refractivity contribution in [3.05, 3.63) is 34.6 Å². The number of hydrogen-bond acceptors (Lipinski definition) is 13. The lowest BCUT2D eigenvalue weighted by molar-refractivity contribution is 0.0371. The maximum atomic E-state index is 11.4. The zero-order valence-corrected chi connectivity index (χ0v) is 25.0. The summed E-state index contributed by atoms with van der Waals surface area (Å²) in [6.45, 7) is 13.5. The van der Waals surface area contributed by atoms with Gasteiger partial charge >= 0.3 is 6.03 Å². The molecule has 4 aromatic rings. The molecule has 8 N–H and O–H groups in total. The van der Waals surface area contributed by atoms with Crippen LogP contribution in [0.3, 0.4) is 0 Å². The van der Waals surface area contributed by atoms with Crippen molar-refractivity contribution < 1.29 is 9.53 Å². The number of nitrogens with one attached hydrogen (secondary N) is 4. The molecule has 1 unspecified atom stereocenters. The van der Waals surface area contributed by atoms with Gasteiger partial charge in [0.25, 0.3) is 0 Å². The number of pyridine rings is 2. The first-order valence-electron chi connectivity index (χ1n) is 14.3. The molecule has 0 radical (unpaired) electrons. The molecular formula is C28H39N13O2. The molecule has 2 aliphatic rings. The number of fused-ring (bicyclic) bond motifs is 2. The van der Waals surface area contributed by atoms with Crippen LogP contribution in [0, 0.1) is 27.7 Å². The van der Waals surface area contributed by atoms with Gasteiger partial charge in [0.2, 0.25) is 11.9 Å². The molecule has 0 aromatic carbocycles. The van der Waals surface area contributed by atoms with Crippen LogP contribution in [0.25, 0.3) is 22.1 Å². The fraction of sp³-hybridized carbons (Fsp3) is 0.464. The van der Waals surface area contributed by atoms with Gasteiger partial charge in [-0.2, -0.15) is 19.9 Å². The molecular weight excluding hydrogens is 550 g/mol. The zero-order valence-electron chi connectivity index (χ0n) is 25.0. The number of morpholine rings is 1. The number of nitrogen functional groups attached to an aromatic ring is 2. The molecule has 0 saturated carbocycles. The molecule has 0 aliphatic carbocycles. The average Bonchev–Trinajstić information content (AvgIpc) is 3.36. The Balaban J connectivity index is 0.000000171.